The number of carbonyl (C=O) groups excluding carboxylic acids is 1. The van der Waals surface area contributed by atoms with Crippen molar-refractivity contribution >= 4 is 23.7 Å². The van der Waals surface area contributed by atoms with E-state index in [1.165, 1.54) is 7.11 Å². The molecule has 0 fully saturated rings. The third-order valence-corrected chi connectivity index (χ3v) is 4.46. The number of methoxy groups -OCH3 is 1. The Morgan fingerprint density at radius 2 is 2.00 bits per heavy atom. The SMILES string of the molecule is COC(=O)c1cc(-c2nc(N)nc(SCC(O)CO)n2)c(C)cc1C. The lowest BCUT2D eigenvalue weighted by atomic mass is 9.99. The highest BCUT2D eigenvalue weighted by molar-refractivity contribution is 7.99. The summed E-state index contributed by atoms with van der Waals surface area (Å²) in [5.74, 6) is 0.142. The van der Waals surface area contributed by atoms with Gasteiger partial charge in [0.2, 0.25) is 5.95 Å². The maximum absolute atomic E-state index is 11.9. The molecule has 0 aliphatic heterocycles. The van der Waals surface area contributed by atoms with Gasteiger partial charge in [0.05, 0.1) is 25.4 Å². The molecule has 0 amide bonds. The minimum Gasteiger partial charge on any atom is -0.465 e. The standard InChI is InChI=1S/C16H20N4O4S/c1-8-4-9(2)12(14(23)24-3)5-11(8)13-18-15(17)20-16(19-13)25-7-10(22)6-21/h4-5,10,21-22H,6-7H2,1-3H3,(H2,17,18,19,20). The van der Waals surface area contributed by atoms with Crippen LogP contribution in [0.4, 0.5) is 5.95 Å². The minimum atomic E-state index is -0.876. The number of nitrogens with two attached hydrogens (primary N) is 1. The van der Waals surface area contributed by atoms with Crippen molar-refractivity contribution in [1.29, 1.82) is 0 Å². The maximum atomic E-state index is 11.9. The van der Waals surface area contributed by atoms with E-state index in [0.717, 1.165) is 22.9 Å². The van der Waals surface area contributed by atoms with Crippen molar-refractivity contribution in [3.8, 4) is 11.4 Å². The van der Waals surface area contributed by atoms with Crippen LogP contribution in [0, 0.1) is 13.8 Å². The molecule has 0 saturated carbocycles. The Labute approximate surface area is 149 Å². The Kier molecular flexibility index (Phi) is 6.29. The second-order valence-corrected chi connectivity index (χ2v) is 6.41. The molecule has 1 atom stereocenters. The van der Waals surface area contributed by atoms with Crippen molar-refractivity contribution in [3.63, 3.8) is 0 Å². The molecule has 0 radical (unpaired) electrons. The summed E-state index contributed by atoms with van der Waals surface area (Å²) in [6, 6.07) is 3.52. The van der Waals surface area contributed by atoms with Crippen LogP contribution in [0.2, 0.25) is 0 Å². The number of hydrogen-bond donors (Lipinski definition) is 3. The van der Waals surface area contributed by atoms with E-state index in [1.807, 2.05) is 19.9 Å². The molecule has 0 spiro atoms. The monoisotopic (exact) mass is 364 g/mol. The minimum absolute atomic E-state index is 0.0329. The number of thioether (sulfide) groups is 1. The molecule has 1 aromatic heterocycles. The van der Waals surface area contributed by atoms with Gasteiger partial charge in [-0.05, 0) is 31.0 Å². The van der Waals surface area contributed by atoms with Crippen LogP contribution in [-0.4, -0.2) is 56.7 Å². The number of nitrogens with zero attached hydrogens (tertiary/aromatic N) is 3. The number of ether oxygens (including phenoxy) is 1. The fourth-order valence-electron chi connectivity index (χ4n) is 2.20. The molecule has 1 unspecified atom stereocenters. The van der Waals surface area contributed by atoms with Crippen molar-refractivity contribution in [3.05, 3.63) is 28.8 Å². The molecule has 0 aliphatic carbocycles. The molecule has 1 heterocycles. The van der Waals surface area contributed by atoms with Crippen LogP contribution in [0.5, 0.6) is 0 Å². The molecular formula is C16H20N4O4S. The first-order valence-corrected chi connectivity index (χ1v) is 8.47. The third-order valence-electron chi connectivity index (χ3n) is 3.47. The van der Waals surface area contributed by atoms with Crippen molar-refractivity contribution < 1.29 is 19.7 Å². The van der Waals surface area contributed by atoms with Crippen molar-refractivity contribution in [1.82, 2.24) is 15.0 Å². The molecular weight excluding hydrogens is 344 g/mol. The molecule has 25 heavy (non-hydrogen) atoms. The summed E-state index contributed by atoms with van der Waals surface area (Å²) < 4.78 is 4.80. The second-order valence-electron chi connectivity index (χ2n) is 5.42. The second kappa shape index (κ2) is 8.24. The highest BCUT2D eigenvalue weighted by Gasteiger charge is 2.16. The van der Waals surface area contributed by atoms with Gasteiger partial charge in [0.25, 0.3) is 0 Å². The van der Waals surface area contributed by atoms with Crippen molar-refractivity contribution in [2.45, 2.75) is 25.1 Å². The Balaban J connectivity index is 2.44. The van der Waals surface area contributed by atoms with E-state index in [-0.39, 0.29) is 18.3 Å². The Morgan fingerprint density at radius 1 is 1.28 bits per heavy atom. The Morgan fingerprint density at radius 3 is 2.64 bits per heavy atom. The van der Waals surface area contributed by atoms with Gasteiger partial charge in [0.15, 0.2) is 11.0 Å². The van der Waals surface area contributed by atoms with E-state index in [1.54, 1.807) is 6.07 Å². The normalized spacial score (nSPS) is 12.0. The van der Waals surface area contributed by atoms with Gasteiger partial charge in [-0.2, -0.15) is 9.97 Å². The highest BCUT2D eigenvalue weighted by atomic mass is 32.2. The van der Waals surface area contributed by atoms with Crippen LogP contribution in [0.15, 0.2) is 17.3 Å². The van der Waals surface area contributed by atoms with Gasteiger partial charge in [-0.3, -0.25) is 0 Å². The fourth-order valence-corrected chi connectivity index (χ4v) is 2.96. The van der Waals surface area contributed by atoms with Gasteiger partial charge < -0.3 is 20.7 Å². The molecule has 8 nitrogen and oxygen atoms in total. The Bertz CT molecular complexity index is 785. The zero-order valence-electron chi connectivity index (χ0n) is 14.2. The van der Waals surface area contributed by atoms with Crippen molar-refractivity contribution in [2.24, 2.45) is 0 Å². The molecule has 0 aliphatic rings. The van der Waals surface area contributed by atoms with Crippen LogP contribution >= 0.6 is 11.8 Å². The molecule has 4 N–H and O–H groups in total. The number of carbonyl (C=O) groups is 1. The van der Waals surface area contributed by atoms with E-state index in [2.05, 4.69) is 15.0 Å². The number of esters is 1. The zero-order chi connectivity index (χ0) is 18.6. The van der Waals surface area contributed by atoms with Gasteiger partial charge in [0, 0.05) is 11.3 Å². The summed E-state index contributed by atoms with van der Waals surface area (Å²) in [6.45, 7) is 3.36. The van der Waals surface area contributed by atoms with Gasteiger partial charge in [0.1, 0.15) is 0 Å². The van der Waals surface area contributed by atoms with Crippen LogP contribution < -0.4 is 5.73 Å². The lowest BCUT2D eigenvalue weighted by Gasteiger charge is -2.11. The highest BCUT2D eigenvalue weighted by Crippen LogP contribution is 2.26. The van der Waals surface area contributed by atoms with E-state index in [0.29, 0.717) is 22.1 Å². The molecule has 134 valence electrons. The van der Waals surface area contributed by atoms with E-state index in [4.69, 9.17) is 15.6 Å². The summed E-state index contributed by atoms with van der Waals surface area (Å²) in [5.41, 5.74) is 8.49. The largest absolute Gasteiger partial charge is 0.465 e. The van der Waals surface area contributed by atoms with Crippen molar-refractivity contribution in [2.75, 3.05) is 25.2 Å². The summed E-state index contributed by atoms with van der Waals surface area (Å²) in [7, 11) is 1.32. The third kappa shape index (κ3) is 4.65. The molecule has 2 aromatic rings. The molecule has 1 aromatic carbocycles. The first kappa shape index (κ1) is 19.1. The molecule has 0 saturated heterocycles. The summed E-state index contributed by atoms with van der Waals surface area (Å²) >= 11 is 1.16. The quantitative estimate of drug-likeness (QED) is 0.506. The molecule has 2 rings (SSSR count). The number of nitrogen functional groups attached to an aromatic ring is 1. The lowest BCUT2D eigenvalue weighted by molar-refractivity contribution is 0.0600. The van der Waals surface area contributed by atoms with Crippen LogP contribution in [0.3, 0.4) is 0 Å². The number of rotatable bonds is 6. The lowest BCUT2D eigenvalue weighted by Crippen LogP contribution is -2.15. The number of benzene rings is 1. The first-order chi connectivity index (χ1) is 11.8. The number of hydrogen-bond acceptors (Lipinski definition) is 9. The maximum Gasteiger partial charge on any atom is 0.338 e. The fraction of sp³-hybridized carbons (Fsp3) is 0.375. The number of aromatic nitrogens is 3. The van der Waals surface area contributed by atoms with Gasteiger partial charge in [-0.15, -0.1) is 0 Å². The summed E-state index contributed by atoms with van der Waals surface area (Å²) in [6.07, 6.45) is -0.876. The summed E-state index contributed by atoms with van der Waals surface area (Å²) in [4.78, 5) is 24.4. The number of aryl methyl sites for hydroxylation is 2. The van der Waals surface area contributed by atoms with Gasteiger partial charge in [-0.1, -0.05) is 17.8 Å². The van der Waals surface area contributed by atoms with Crippen LogP contribution in [0.25, 0.3) is 11.4 Å². The molecule has 9 heteroatoms. The zero-order valence-corrected chi connectivity index (χ0v) is 15.0. The first-order valence-electron chi connectivity index (χ1n) is 7.49. The average Bonchev–Trinajstić information content (AvgIpc) is 2.58. The number of aliphatic hydroxyl groups is 2. The Hall–Kier alpha value is -2.23. The topological polar surface area (TPSA) is 131 Å². The van der Waals surface area contributed by atoms with E-state index < -0.39 is 12.1 Å². The predicted octanol–water partition coefficient (Wildman–Crippen LogP) is 0.970. The van der Waals surface area contributed by atoms with Crippen LogP contribution in [0.1, 0.15) is 21.5 Å². The van der Waals surface area contributed by atoms with E-state index >= 15 is 0 Å². The van der Waals surface area contributed by atoms with E-state index in [9.17, 15) is 9.90 Å². The smallest absolute Gasteiger partial charge is 0.338 e. The van der Waals surface area contributed by atoms with Gasteiger partial charge >= 0.3 is 5.97 Å². The average molecular weight is 364 g/mol. The summed E-state index contributed by atoms with van der Waals surface area (Å²) in [5, 5.41) is 18.7. The van der Waals surface area contributed by atoms with Gasteiger partial charge in [-0.25, -0.2) is 9.78 Å². The predicted molar refractivity (Wildman–Crippen MR) is 94.3 cm³/mol. The number of aliphatic hydroxyl groups excluding tert-OH is 2. The van der Waals surface area contributed by atoms with Crippen LogP contribution in [-0.2, 0) is 4.74 Å². The molecule has 0 bridgehead atoms. The number of anilines is 1.